The summed E-state index contributed by atoms with van der Waals surface area (Å²) in [4.78, 5) is 18.7. The van der Waals surface area contributed by atoms with Gasteiger partial charge in [0.25, 0.3) is 5.91 Å². The zero-order chi connectivity index (χ0) is 18.4. The van der Waals surface area contributed by atoms with E-state index in [1.54, 1.807) is 36.5 Å². The van der Waals surface area contributed by atoms with Crippen molar-refractivity contribution < 1.29 is 4.79 Å². The largest absolute Gasteiger partial charge is 0.369 e. The molecular formula is C21H18N4O. The Bertz CT molecular complexity index is 930. The Kier molecular flexibility index (Phi) is 5.25. The molecule has 0 unspecified atom stereocenters. The Labute approximate surface area is 152 Å². The van der Waals surface area contributed by atoms with Crippen LogP contribution in [0.25, 0.3) is 0 Å². The Morgan fingerprint density at radius 2 is 1.81 bits per heavy atom. The molecule has 3 rings (SSSR count). The van der Waals surface area contributed by atoms with Crippen LogP contribution in [-0.2, 0) is 6.54 Å². The fraction of sp³-hybridized carbons (Fsp3) is 0.0952. The molecule has 0 spiro atoms. The first-order valence-electron chi connectivity index (χ1n) is 8.19. The van der Waals surface area contributed by atoms with Crippen molar-refractivity contribution in [2.75, 3.05) is 17.3 Å². The van der Waals surface area contributed by atoms with E-state index >= 15 is 0 Å². The lowest BCUT2D eigenvalue weighted by Gasteiger charge is -2.19. The van der Waals surface area contributed by atoms with Crippen molar-refractivity contribution in [3.8, 4) is 6.07 Å². The molecule has 0 aliphatic heterocycles. The second kappa shape index (κ2) is 7.95. The van der Waals surface area contributed by atoms with E-state index in [0.717, 1.165) is 12.2 Å². The third-order valence-electron chi connectivity index (χ3n) is 3.98. The molecule has 2 aromatic carbocycles. The van der Waals surface area contributed by atoms with Crippen LogP contribution in [0.5, 0.6) is 0 Å². The van der Waals surface area contributed by atoms with Crippen molar-refractivity contribution in [1.82, 2.24) is 4.98 Å². The molecule has 5 nitrogen and oxygen atoms in total. The highest BCUT2D eigenvalue weighted by molar-refractivity contribution is 6.03. The predicted octanol–water partition coefficient (Wildman–Crippen LogP) is 3.84. The Morgan fingerprint density at radius 1 is 1.08 bits per heavy atom. The van der Waals surface area contributed by atoms with Gasteiger partial charge < -0.3 is 10.2 Å². The van der Waals surface area contributed by atoms with E-state index in [1.165, 1.54) is 5.56 Å². The lowest BCUT2D eigenvalue weighted by molar-refractivity contribution is 0.102. The highest BCUT2D eigenvalue weighted by atomic mass is 16.1. The van der Waals surface area contributed by atoms with Gasteiger partial charge in [0.2, 0.25) is 0 Å². The molecule has 1 N–H and O–H groups in total. The second-order valence-electron chi connectivity index (χ2n) is 5.85. The summed E-state index contributed by atoms with van der Waals surface area (Å²) >= 11 is 0. The number of benzene rings is 2. The van der Waals surface area contributed by atoms with Crippen LogP contribution in [0, 0.1) is 11.3 Å². The van der Waals surface area contributed by atoms with Crippen LogP contribution in [-0.4, -0.2) is 17.9 Å². The number of aromatic nitrogens is 1. The third-order valence-corrected chi connectivity index (χ3v) is 3.98. The van der Waals surface area contributed by atoms with Gasteiger partial charge >= 0.3 is 0 Å². The Hall–Kier alpha value is -3.65. The number of nitriles is 1. The summed E-state index contributed by atoms with van der Waals surface area (Å²) in [7, 11) is 1.98. The van der Waals surface area contributed by atoms with Crippen molar-refractivity contribution in [3.63, 3.8) is 0 Å². The van der Waals surface area contributed by atoms with Crippen LogP contribution in [0.3, 0.4) is 0 Å². The van der Waals surface area contributed by atoms with Gasteiger partial charge in [-0.05, 0) is 29.8 Å². The number of carbonyl (C=O) groups excluding carboxylic acids is 1. The first-order valence-corrected chi connectivity index (χ1v) is 8.19. The molecular weight excluding hydrogens is 324 g/mol. The van der Waals surface area contributed by atoms with Crippen LogP contribution in [0.1, 0.15) is 21.6 Å². The molecule has 0 aliphatic rings. The van der Waals surface area contributed by atoms with Gasteiger partial charge in [-0.1, -0.05) is 42.5 Å². The molecule has 1 heterocycles. The minimum absolute atomic E-state index is 0.301. The molecule has 0 aliphatic carbocycles. The number of rotatable bonds is 5. The van der Waals surface area contributed by atoms with E-state index < -0.39 is 0 Å². The average molecular weight is 342 g/mol. The highest BCUT2D eigenvalue weighted by Crippen LogP contribution is 2.17. The molecule has 0 atom stereocenters. The summed E-state index contributed by atoms with van der Waals surface area (Å²) in [5.74, 6) is -0.343. The van der Waals surface area contributed by atoms with E-state index in [9.17, 15) is 4.79 Å². The van der Waals surface area contributed by atoms with Crippen molar-refractivity contribution in [1.29, 1.82) is 5.26 Å². The smallest absolute Gasteiger partial charge is 0.274 e. The fourth-order valence-electron chi connectivity index (χ4n) is 2.57. The van der Waals surface area contributed by atoms with Gasteiger partial charge in [-0.2, -0.15) is 5.26 Å². The zero-order valence-corrected chi connectivity index (χ0v) is 14.4. The fourth-order valence-corrected chi connectivity index (χ4v) is 2.57. The SMILES string of the molecule is CN(Cc1ccccc1)c1ccc(C(=O)Nc2ccccc2C#N)nc1. The molecule has 26 heavy (non-hydrogen) atoms. The van der Waals surface area contributed by atoms with E-state index in [2.05, 4.69) is 33.4 Å². The summed E-state index contributed by atoms with van der Waals surface area (Å²) in [6, 6.07) is 22.6. The molecule has 128 valence electrons. The van der Waals surface area contributed by atoms with E-state index in [1.807, 2.05) is 31.3 Å². The molecule has 1 aromatic heterocycles. The molecule has 0 saturated carbocycles. The van der Waals surface area contributed by atoms with Crippen LogP contribution < -0.4 is 10.2 Å². The number of hydrogen-bond acceptors (Lipinski definition) is 4. The first kappa shape index (κ1) is 17.2. The monoisotopic (exact) mass is 342 g/mol. The van der Waals surface area contributed by atoms with Crippen molar-refractivity contribution in [2.45, 2.75) is 6.54 Å². The maximum Gasteiger partial charge on any atom is 0.274 e. The zero-order valence-electron chi connectivity index (χ0n) is 14.4. The summed E-state index contributed by atoms with van der Waals surface area (Å²) < 4.78 is 0. The molecule has 1 amide bonds. The third kappa shape index (κ3) is 4.05. The van der Waals surface area contributed by atoms with Crippen LogP contribution >= 0.6 is 0 Å². The number of nitrogens with one attached hydrogen (secondary N) is 1. The minimum atomic E-state index is -0.343. The van der Waals surface area contributed by atoms with E-state index in [0.29, 0.717) is 16.9 Å². The second-order valence-corrected chi connectivity index (χ2v) is 5.85. The van der Waals surface area contributed by atoms with Gasteiger partial charge in [-0.3, -0.25) is 4.79 Å². The number of amides is 1. The lowest BCUT2D eigenvalue weighted by Crippen LogP contribution is -2.18. The minimum Gasteiger partial charge on any atom is -0.369 e. The van der Waals surface area contributed by atoms with Crippen LogP contribution in [0.15, 0.2) is 72.9 Å². The number of hydrogen-bond donors (Lipinski definition) is 1. The summed E-state index contributed by atoms with van der Waals surface area (Å²) in [6.07, 6.45) is 1.67. The Balaban J connectivity index is 1.69. The molecule has 3 aromatic rings. The van der Waals surface area contributed by atoms with Gasteiger partial charge in [0.1, 0.15) is 11.8 Å². The highest BCUT2D eigenvalue weighted by Gasteiger charge is 2.11. The van der Waals surface area contributed by atoms with Crippen molar-refractivity contribution in [3.05, 3.63) is 89.7 Å². The number of para-hydroxylation sites is 1. The normalized spacial score (nSPS) is 10.0. The van der Waals surface area contributed by atoms with Gasteiger partial charge in [0, 0.05) is 13.6 Å². The number of nitrogens with zero attached hydrogens (tertiary/aromatic N) is 3. The quantitative estimate of drug-likeness (QED) is 0.765. The van der Waals surface area contributed by atoms with Crippen molar-refractivity contribution in [2.24, 2.45) is 0 Å². The molecule has 0 fully saturated rings. The van der Waals surface area contributed by atoms with Gasteiger partial charge in [-0.25, -0.2) is 4.98 Å². The summed E-state index contributed by atoms with van der Waals surface area (Å²) in [6.45, 7) is 0.754. The van der Waals surface area contributed by atoms with Gasteiger partial charge in [-0.15, -0.1) is 0 Å². The number of carbonyl (C=O) groups is 1. The van der Waals surface area contributed by atoms with Crippen molar-refractivity contribution >= 4 is 17.3 Å². The summed E-state index contributed by atoms with van der Waals surface area (Å²) in [5.41, 5.74) is 3.31. The summed E-state index contributed by atoms with van der Waals surface area (Å²) in [5, 5.41) is 11.8. The van der Waals surface area contributed by atoms with Crippen LogP contribution in [0.2, 0.25) is 0 Å². The maximum absolute atomic E-state index is 12.4. The van der Waals surface area contributed by atoms with E-state index in [-0.39, 0.29) is 5.91 Å². The molecule has 0 bridgehead atoms. The lowest BCUT2D eigenvalue weighted by atomic mass is 10.2. The predicted molar refractivity (Wildman–Crippen MR) is 102 cm³/mol. The number of anilines is 2. The topological polar surface area (TPSA) is 69.0 Å². The average Bonchev–Trinajstić information content (AvgIpc) is 2.69. The van der Waals surface area contributed by atoms with E-state index in [4.69, 9.17) is 5.26 Å². The number of pyridine rings is 1. The van der Waals surface area contributed by atoms with Gasteiger partial charge in [0.15, 0.2) is 0 Å². The van der Waals surface area contributed by atoms with Crippen LogP contribution in [0.4, 0.5) is 11.4 Å². The maximum atomic E-state index is 12.4. The molecule has 5 heteroatoms. The first-order chi connectivity index (χ1) is 12.7. The molecule has 0 saturated heterocycles. The standard InChI is InChI=1S/C21H18N4O/c1-25(15-16-7-3-2-4-8-16)18-11-12-20(23-14-18)21(26)24-19-10-6-5-9-17(19)13-22/h2-12,14H,15H2,1H3,(H,24,26). The Morgan fingerprint density at radius 3 is 2.50 bits per heavy atom. The van der Waals surface area contributed by atoms with Gasteiger partial charge in [0.05, 0.1) is 23.1 Å². The molecule has 0 radical (unpaired) electrons.